The Bertz CT molecular complexity index is 797. The smallest absolute Gasteiger partial charge is 0.410 e. The molecule has 3 fully saturated rings. The summed E-state index contributed by atoms with van der Waals surface area (Å²) in [7, 11) is 0. The van der Waals surface area contributed by atoms with E-state index in [9.17, 15) is 18.4 Å². The highest BCUT2D eigenvalue weighted by Crippen LogP contribution is 2.33. The molecule has 1 aromatic carbocycles. The molecule has 2 amide bonds. The number of rotatable bonds is 6. The Hall–Kier alpha value is -2.22. The van der Waals surface area contributed by atoms with Crippen molar-refractivity contribution in [2.24, 2.45) is 0 Å². The SMILES string of the molecule is C[C@H]1C(=O)N2[C@@H](CCCN3CCC(F)(F)CC3)CC[C@H]2CN1C(=O)OCc1ccccc1. The average Bonchev–Trinajstić information content (AvgIpc) is 3.19. The van der Waals surface area contributed by atoms with Gasteiger partial charge < -0.3 is 14.5 Å². The van der Waals surface area contributed by atoms with Gasteiger partial charge in [0, 0.05) is 44.6 Å². The van der Waals surface area contributed by atoms with Crippen LogP contribution in [-0.2, 0) is 16.1 Å². The lowest BCUT2D eigenvalue weighted by Crippen LogP contribution is -2.61. The normalized spacial score (nSPS) is 28.0. The highest BCUT2D eigenvalue weighted by atomic mass is 19.3. The summed E-state index contributed by atoms with van der Waals surface area (Å²) < 4.78 is 32.1. The maximum atomic E-state index is 13.3. The van der Waals surface area contributed by atoms with Crippen LogP contribution in [0.4, 0.5) is 13.6 Å². The van der Waals surface area contributed by atoms with Gasteiger partial charge in [-0.2, -0.15) is 0 Å². The molecule has 176 valence electrons. The van der Waals surface area contributed by atoms with Crippen LogP contribution in [0.1, 0.15) is 51.0 Å². The zero-order valence-electron chi connectivity index (χ0n) is 18.7. The third-order valence-corrected chi connectivity index (χ3v) is 7.15. The molecule has 3 aliphatic rings. The van der Waals surface area contributed by atoms with E-state index >= 15 is 0 Å². The van der Waals surface area contributed by atoms with Gasteiger partial charge in [-0.05, 0) is 44.7 Å². The number of carbonyl (C=O) groups is 2. The van der Waals surface area contributed by atoms with Gasteiger partial charge in [-0.25, -0.2) is 13.6 Å². The second kappa shape index (κ2) is 9.73. The van der Waals surface area contributed by atoms with Gasteiger partial charge in [-0.3, -0.25) is 9.69 Å². The number of fused-ring (bicyclic) bond motifs is 1. The van der Waals surface area contributed by atoms with Crippen molar-refractivity contribution in [1.82, 2.24) is 14.7 Å². The van der Waals surface area contributed by atoms with Gasteiger partial charge in [-0.1, -0.05) is 30.3 Å². The Morgan fingerprint density at radius 2 is 1.88 bits per heavy atom. The largest absolute Gasteiger partial charge is 0.445 e. The second-order valence-electron chi connectivity index (χ2n) is 9.34. The molecule has 0 bridgehead atoms. The molecular formula is C24H33F2N3O3. The lowest BCUT2D eigenvalue weighted by Gasteiger charge is -2.43. The summed E-state index contributed by atoms with van der Waals surface area (Å²) >= 11 is 0. The maximum absolute atomic E-state index is 13.3. The molecule has 0 saturated carbocycles. The highest BCUT2D eigenvalue weighted by molar-refractivity contribution is 5.87. The zero-order chi connectivity index (χ0) is 22.7. The van der Waals surface area contributed by atoms with Gasteiger partial charge >= 0.3 is 6.09 Å². The van der Waals surface area contributed by atoms with Crippen molar-refractivity contribution in [2.75, 3.05) is 26.2 Å². The van der Waals surface area contributed by atoms with Crippen molar-refractivity contribution >= 4 is 12.0 Å². The van der Waals surface area contributed by atoms with E-state index in [2.05, 4.69) is 4.90 Å². The molecule has 0 N–H and O–H groups in total. The molecule has 8 heteroatoms. The Morgan fingerprint density at radius 1 is 1.16 bits per heavy atom. The van der Waals surface area contributed by atoms with Crippen LogP contribution in [0.3, 0.4) is 0 Å². The van der Waals surface area contributed by atoms with Gasteiger partial charge in [0.05, 0.1) is 0 Å². The second-order valence-corrected chi connectivity index (χ2v) is 9.34. The van der Waals surface area contributed by atoms with E-state index in [-0.39, 0.29) is 37.4 Å². The van der Waals surface area contributed by atoms with Crippen LogP contribution in [0.2, 0.25) is 0 Å². The molecule has 3 atom stereocenters. The summed E-state index contributed by atoms with van der Waals surface area (Å²) in [6.07, 6.45) is 3.01. The number of nitrogens with zero attached hydrogens (tertiary/aromatic N) is 3. The zero-order valence-corrected chi connectivity index (χ0v) is 18.7. The number of hydrogen-bond acceptors (Lipinski definition) is 4. The Labute approximate surface area is 188 Å². The predicted octanol–water partition coefficient (Wildman–Crippen LogP) is 3.90. The van der Waals surface area contributed by atoms with Gasteiger partial charge in [0.1, 0.15) is 12.6 Å². The first kappa shape index (κ1) is 23.0. The van der Waals surface area contributed by atoms with Crippen molar-refractivity contribution in [2.45, 2.75) is 76.1 Å². The van der Waals surface area contributed by atoms with E-state index in [0.717, 1.165) is 37.8 Å². The molecule has 4 rings (SSSR count). The number of halogens is 2. The van der Waals surface area contributed by atoms with Crippen LogP contribution in [0.25, 0.3) is 0 Å². The van der Waals surface area contributed by atoms with Gasteiger partial charge in [-0.15, -0.1) is 0 Å². The number of piperazine rings is 1. The summed E-state index contributed by atoms with van der Waals surface area (Å²) in [5.41, 5.74) is 0.914. The third-order valence-electron chi connectivity index (χ3n) is 7.15. The first-order valence-electron chi connectivity index (χ1n) is 11.7. The first-order chi connectivity index (χ1) is 15.3. The van der Waals surface area contributed by atoms with Gasteiger partial charge in [0.2, 0.25) is 5.91 Å². The molecule has 0 spiro atoms. The number of alkyl halides is 2. The maximum Gasteiger partial charge on any atom is 0.410 e. The summed E-state index contributed by atoms with van der Waals surface area (Å²) in [6, 6.07) is 9.16. The molecule has 3 aliphatic heterocycles. The fourth-order valence-electron chi connectivity index (χ4n) is 5.21. The number of carbonyl (C=O) groups excluding carboxylic acids is 2. The molecule has 0 unspecified atom stereocenters. The fraction of sp³-hybridized carbons (Fsp3) is 0.667. The minimum absolute atomic E-state index is 0.0157. The van der Waals surface area contributed by atoms with Crippen molar-refractivity contribution < 1.29 is 23.1 Å². The number of likely N-dealkylation sites (tertiary alicyclic amines) is 1. The number of piperidine rings is 1. The Balaban J connectivity index is 1.26. The van der Waals surface area contributed by atoms with Crippen LogP contribution >= 0.6 is 0 Å². The Morgan fingerprint density at radius 3 is 2.59 bits per heavy atom. The van der Waals surface area contributed by atoms with Gasteiger partial charge in [0.15, 0.2) is 0 Å². The van der Waals surface area contributed by atoms with Crippen LogP contribution in [-0.4, -0.2) is 76.9 Å². The van der Waals surface area contributed by atoms with E-state index < -0.39 is 18.1 Å². The number of benzene rings is 1. The average molecular weight is 450 g/mol. The molecule has 6 nitrogen and oxygen atoms in total. The van der Waals surface area contributed by atoms with Crippen LogP contribution in [0.15, 0.2) is 30.3 Å². The summed E-state index contributed by atoms with van der Waals surface area (Å²) in [6.45, 7) is 4.15. The van der Waals surface area contributed by atoms with E-state index in [1.54, 1.807) is 11.8 Å². The van der Waals surface area contributed by atoms with Crippen LogP contribution < -0.4 is 0 Å². The summed E-state index contributed by atoms with van der Waals surface area (Å²) in [5, 5.41) is 0. The van der Waals surface area contributed by atoms with Crippen molar-refractivity contribution in [3.63, 3.8) is 0 Å². The quantitative estimate of drug-likeness (QED) is 0.661. The lowest BCUT2D eigenvalue weighted by molar-refractivity contribution is -0.144. The number of amides is 2. The molecule has 32 heavy (non-hydrogen) atoms. The monoisotopic (exact) mass is 449 g/mol. The van der Waals surface area contributed by atoms with Crippen molar-refractivity contribution in [1.29, 1.82) is 0 Å². The topological polar surface area (TPSA) is 53.1 Å². The fourth-order valence-corrected chi connectivity index (χ4v) is 5.21. The number of ether oxygens (including phenoxy) is 1. The molecular weight excluding hydrogens is 416 g/mol. The van der Waals surface area contributed by atoms with Gasteiger partial charge in [0.25, 0.3) is 5.92 Å². The molecule has 3 heterocycles. The summed E-state index contributed by atoms with van der Waals surface area (Å²) in [5.74, 6) is -2.53. The van der Waals surface area contributed by atoms with Crippen molar-refractivity contribution in [3.8, 4) is 0 Å². The minimum atomic E-state index is -2.51. The standard InChI is InChI=1S/C24H33F2N3O3/c1-18-22(30)29-20(8-5-13-27-14-11-24(25,26)12-15-27)9-10-21(29)16-28(18)23(31)32-17-19-6-3-2-4-7-19/h2-4,6-7,18,20-21H,5,8-17H2,1H3/t18-,20-,21-/m0/s1. The molecule has 0 aliphatic carbocycles. The summed E-state index contributed by atoms with van der Waals surface area (Å²) in [4.78, 5) is 31.4. The third kappa shape index (κ3) is 5.22. The lowest BCUT2D eigenvalue weighted by atomic mass is 10.0. The Kier molecular flexibility index (Phi) is 6.98. The highest BCUT2D eigenvalue weighted by Gasteiger charge is 2.46. The van der Waals surface area contributed by atoms with Crippen LogP contribution in [0.5, 0.6) is 0 Å². The van der Waals surface area contributed by atoms with E-state index in [1.165, 1.54) is 0 Å². The van der Waals surface area contributed by atoms with Crippen molar-refractivity contribution in [3.05, 3.63) is 35.9 Å². The van der Waals surface area contributed by atoms with E-state index in [4.69, 9.17) is 4.74 Å². The van der Waals surface area contributed by atoms with E-state index in [1.807, 2.05) is 35.2 Å². The molecule has 0 radical (unpaired) electrons. The first-order valence-corrected chi connectivity index (χ1v) is 11.7. The molecule has 1 aromatic rings. The number of hydrogen-bond donors (Lipinski definition) is 0. The minimum Gasteiger partial charge on any atom is -0.445 e. The molecule has 0 aromatic heterocycles. The van der Waals surface area contributed by atoms with E-state index in [0.29, 0.717) is 19.6 Å². The predicted molar refractivity (Wildman–Crippen MR) is 116 cm³/mol. The van der Waals surface area contributed by atoms with Crippen LogP contribution in [0, 0.1) is 0 Å². The molecule has 3 saturated heterocycles.